The predicted molar refractivity (Wildman–Crippen MR) is 83.4 cm³/mol. The minimum Gasteiger partial charge on any atom is -0.399 e. The van der Waals surface area contributed by atoms with Crippen molar-refractivity contribution >= 4 is 11.6 Å². The summed E-state index contributed by atoms with van der Waals surface area (Å²) in [6, 6.07) is 7.33. The number of nitrogen functional groups attached to an aromatic ring is 1. The molecule has 6 heteroatoms. The summed E-state index contributed by atoms with van der Waals surface area (Å²) < 4.78 is 7.61. The highest BCUT2D eigenvalue weighted by molar-refractivity contribution is 5.92. The van der Waals surface area contributed by atoms with Gasteiger partial charge in [0.1, 0.15) is 11.8 Å². The van der Waals surface area contributed by atoms with Gasteiger partial charge in [0, 0.05) is 31.2 Å². The summed E-state index contributed by atoms with van der Waals surface area (Å²) in [6.45, 7) is 3.47. The molecule has 0 spiro atoms. The highest BCUT2D eigenvalue weighted by Crippen LogP contribution is 2.23. The second kappa shape index (κ2) is 5.81. The van der Waals surface area contributed by atoms with Gasteiger partial charge in [0.2, 0.25) is 0 Å². The molecule has 1 aliphatic rings. The second-order valence-electron chi connectivity index (χ2n) is 5.58. The van der Waals surface area contributed by atoms with E-state index in [0.717, 1.165) is 11.4 Å². The van der Waals surface area contributed by atoms with Gasteiger partial charge in [-0.1, -0.05) is 0 Å². The summed E-state index contributed by atoms with van der Waals surface area (Å²) >= 11 is 0. The molecule has 2 aromatic heterocycles. The molecular formula is C16H20N4O2. The van der Waals surface area contributed by atoms with Crippen LogP contribution in [0, 0.1) is 6.92 Å². The van der Waals surface area contributed by atoms with E-state index >= 15 is 0 Å². The van der Waals surface area contributed by atoms with Crippen molar-refractivity contribution in [1.29, 1.82) is 0 Å². The molecule has 1 amide bonds. The van der Waals surface area contributed by atoms with Crippen LogP contribution in [0.2, 0.25) is 0 Å². The van der Waals surface area contributed by atoms with Crippen LogP contribution in [0.15, 0.2) is 30.5 Å². The molecule has 0 bridgehead atoms. The van der Waals surface area contributed by atoms with E-state index in [1.165, 1.54) is 0 Å². The summed E-state index contributed by atoms with van der Waals surface area (Å²) in [4.78, 5) is 18.9. The van der Waals surface area contributed by atoms with Gasteiger partial charge in [-0.3, -0.25) is 9.78 Å². The maximum Gasteiger partial charge on any atom is 0.270 e. The molecule has 0 unspecified atom stereocenters. The highest BCUT2D eigenvalue weighted by atomic mass is 16.5. The molecule has 2 aromatic rings. The summed E-state index contributed by atoms with van der Waals surface area (Å²) in [5.41, 5.74) is 8.85. The normalized spacial score (nSPS) is 18.5. The van der Waals surface area contributed by atoms with Gasteiger partial charge in [0.15, 0.2) is 0 Å². The molecule has 1 atom stereocenters. The highest BCUT2D eigenvalue weighted by Gasteiger charge is 2.28. The van der Waals surface area contributed by atoms with Crippen LogP contribution in [0.25, 0.3) is 0 Å². The Morgan fingerprint density at radius 2 is 2.27 bits per heavy atom. The molecule has 6 nitrogen and oxygen atoms in total. The molecule has 116 valence electrons. The number of ether oxygens (including phenoxy) is 1. The number of hydrogen-bond donors (Lipinski definition) is 1. The third kappa shape index (κ3) is 2.82. The smallest absolute Gasteiger partial charge is 0.270 e. The largest absolute Gasteiger partial charge is 0.399 e. The van der Waals surface area contributed by atoms with E-state index in [9.17, 15) is 4.79 Å². The Bertz CT molecular complexity index is 675. The summed E-state index contributed by atoms with van der Waals surface area (Å²) in [7, 11) is 1.87. The van der Waals surface area contributed by atoms with Crippen molar-refractivity contribution in [2.75, 3.05) is 25.4 Å². The van der Waals surface area contributed by atoms with E-state index in [-0.39, 0.29) is 12.0 Å². The number of hydrogen-bond acceptors (Lipinski definition) is 4. The van der Waals surface area contributed by atoms with Crippen molar-refractivity contribution < 1.29 is 9.53 Å². The molecule has 2 N–H and O–H groups in total. The van der Waals surface area contributed by atoms with E-state index in [0.29, 0.717) is 31.1 Å². The van der Waals surface area contributed by atoms with Crippen molar-refractivity contribution in [1.82, 2.24) is 14.5 Å². The molecule has 0 radical (unpaired) electrons. The lowest BCUT2D eigenvalue weighted by atomic mass is 10.1. The number of amides is 1. The molecule has 1 aliphatic heterocycles. The van der Waals surface area contributed by atoms with Crippen LogP contribution in [0.4, 0.5) is 5.69 Å². The Labute approximate surface area is 129 Å². The summed E-state index contributed by atoms with van der Waals surface area (Å²) in [6.07, 6.45) is 1.63. The quantitative estimate of drug-likeness (QED) is 0.912. The monoisotopic (exact) mass is 300 g/mol. The van der Waals surface area contributed by atoms with E-state index < -0.39 is 0 Å². The molecule has 1 fully saturated rings. The van der Waals surface area contributed by atoms with E-state index in [1.54, 1.807) is 0 Å². The lowest BCUT2D eigenvalue weighted by Gasteiger charge is -2.33. The van der Waals surface area contributed by atoms with Crippen LogP contribution in [0.3, 0.4) is 0 Å². The molecule has 0 saturated carbocycles. The number of carbonyl (C=O) groups excluding carboxylic acids is 1. The van der Waals surface area contributed by atoms with Crippen LogP contribution in [0.1, 0.15) is 28.0 Å². The minimum atomic E-state index is -0.236. The molecule has 3 heterocycles. The number of nitrogens with zero attached hydrogens (tertiary/aromatic N) is 3. The molecule has 3 rings (SSSR count). The molecule has 0 aliphatic carbocycles. The standard InChI is InChI=1S/C16H20N4O2/c1-11-8-12(17)9-13(18-11)15-10-20(6-7-22-15)16(21)14-4-3-5-19(14)2/h3-5,8-9,15H,6-7,10H2,1-2H3,(H2,17,18)/t15-/m0/s1. The van der Waals surface area contributed by atoms with Crippen molar-refractivity contribution in [2.45, 2.75) is 13.0 Å². The Morgan fingerprint density at radius 3 is 2.95 bits per heavy atom. The average Bonchev–Trinajstić information content (AvgIpc) is 2.92. The number of carbonyl (C=O) groups is 1. The third-order valence-corrected chi connectivity index (χ3v) is 3.84. The van der Waals surface area contributed by atoms with Crippen LogP contribution >= 0.6 is 0 Å². The second-order valence-corrected chi connectivity index (χ2v) is 5.58. The van der Waals surface area contributed by atoms with Crippen LogP contribution in [-0.2, 0) is 11.8 Å². The number of anilines is 1. The topological polar surface area (TPSA) is 73.4 Å². The Kier molecular flexibility index (Phi) is 3.85. The van der Waals surface area contributed by atoms with Gasteiger partial charge in [-0.25, -0.2) is 0 Å². The maximum atomic E-state index is 12.6. The minimum absolute atomic E-state index is 0.0152. The zero-order valence-corrected chi connectivity index (χ0v) is 12.8. The molecule has 0 aromatic carbocycles. The van der Waals surface area contributed by atoms with Crippen LogP contribution in [0.5, 0.6) is 0 Å². The van der Waals surface area contributed by atoms with Crippen molar-refractivity contribution in [3.8, 4) is 0 Å². The van der Waals surface area contributed by atoms with Gasteiger partial charge in [-0.2, -0.15) is 0 Å². The first kappa shape index (κ1) is 14.6. The van der Waals surface area contributed by atoms with Crippen molar-refractivity contribution in [3.05, 3.63) is 47.5 Å². The fourth-order valence-corrected chi connectivity index (χ4v) is 2.74. The maximum absolute atomic E-state index is 12.6. The van der Waals surface area contributed by atoms with E-state index in [1.807, 2.05) is 53.9 Å². The van der Waals surface area contributed by atoms with Gasteiger partial charge in [0.25, 0.3) is 5.91 Å². The van der Waals surface area contributed by atoms with Gasteiger partial charge < -0.3 is 19.9 Å². The zero-order chi connectivity index (χ0) is 15.7. The summed E-state index contributed by atoms with van der Waals surface area (Å²) in [5, 5.41) is 0. The fourth-order valence-electron chi connectivity index (χ4n) is 2.74. The van der Waals surface area contributed by atoms with Crippen LogP contribution < -0.4 is 5.73 Å². The number of morpholine rings is 1. The van der Waals surface area contributed by atoms with Gasteiger partial charge in [-0.05, 0) is 31.2 Å². The fraction of sp³-hybridized carbons (Fsp3) is 0.375. The number of nitrogens with two attached hydrogens (primary N) is 1. The van der Waals surface area contributed by atoms with Gasteiger partial charge >= 0.3 is 0 Å². The van der Waals surface area contributed by atoms with E-state index in [2.05, 4.69) is 4.98 Å². The first-order valence-corrected chi connectivity index (χ1v) is 7.31. The zero-order valence-electron chi connectivity index (χ0n) is 12.8. The Balaban J connectivity index is 1.79. The van der Waals surface area contributed by atoms with E-state index in [4.69, 9.17) is 10.5 Å². The lowest BCUT2D eigenvalue weighted by molar-refractivity contribution is -0.0250. The number of pyridine rings is 1. The average molecular weight is 300 g/mol. The first-order valence-electron chi connectivity index (χ1n) is 7.31. The van der Waals surface area contributed by atoms with Gasteiger partial charge in [0.05, 0.1) is 18.8 Å². The molecule has 22 heavy (non-hydrogen) atoms. The van der Waals surface area contributed by atoms with Crippen molar-refractivity contribution in [2.24, 2.45) is 7.05 Å². The number of aryl methyl sites for hydroxylation is 2. The molecular weight excluding hydrogens is 280 g/mol. The van der Waals surface area contributed by atoms with Crippen LogP contribution in [-0.4, -0.2) is 40.1 Å². The molecule has 1 saturated heterocycles. The first-order chi connectivity index (χ1) is 10.5. The lowest BCUT2D eigenvalue weighted by Crippen LogP contribution is -2.43. The number of rotatable bonds is 2. The third-order valence-electron chi connectivity index (χ3n) is 3.84. The Morgan fingerprint density at radius 1 is 1.45 bits per heavy atom. The predicted octanol–water partition coefficient (Wildman–Crippen LogP) is 1.52. The SMILES string of the molecule is Cc1cc(N)cc([C@@H]2CN(C(=O)c3cccn3C)CCO2)n1. The number of aromatic nitrogens is 2. The Hall–Kier alpha value is -2.34. The van der Waals surface area contributed by atoms with Crippen molar-refractivity contribution in [3.63, 3.8) is 0 Å². The summed E-state index contributed by atoms with van der Waals surface area (Å²) in [5.74, 6) is 0.0152. The van der Waals surface area contributed by atoms with Gasteiger partial charge in [-0.15, -0.1) is 0 Å².